The van der Waals surface area contributed by atoms with Crippen LogP contribution in [-0.2, 0) is 6.42 Å². The normalized spacial score (nSPS) is 10.4. The number of hydrogen-bond acceptors (Lipinski definition) is 4. The standard InChI is InChI=1S/C19H16N4OS/c1-4-13-8-10-14(11-9-13)23-17(15-7-5-6-12-21-15)22-18(25-3)16(20-2)19(23)24/h5-12H,4H2,1,3H3. The quantitative estimate of drug-likeness (QED) is 0.404. The van der Waals surface area contributed by atoms with E-state index in [1.165, 1.54) is 21.9 Å². The van der Waals surface area contributed by atoms with Crippen LogP contribution in [0.1, 0.15) is 12.5 Å². The SMILES string of the molecule is [C-]#[N+]c1c(SC)nc(-c2ccccn2)n(-c2ccc(CC)cc2)c1=O. The van der Waals surface area contributed by atoms with Crippen LogP contribution in [0.5, 0.6) is 0 Å². The predicted octanol–water partition coefficient (Wildman–Crippen LogP) is 4.13. The zero-order chi connectivity index (χ0) is 17.8. The maximum atomic E-state index is 13.0. The summed E-state index contributed by atoms with van der Waals surface area (Å²) in [4.78, 5) is 25.3. The van der Waals surface area contributed by atoms with Crippen molar-refractivity contribution >= 4 is 17.4 Å². The van der Waals surface area contributed by atoms with Gasteiger partial charge in [0.15, 0.2) is 5.82 Å². The van der Waals surface area contributed by atoms with Crippen LogP contribution in [-0.4, -0.2) is 20.8 Å². The minimum absolute atomic E-state index is 0.0340. The van der Waals surface area contributed by atoms with Crippen molar-refractivity contribution in [3.63, 3.8) is 0 Å². The number of thioether (sulfide) groups is 1. The van der Waals surface area contributed by atoms with Gasteiger partial charge in [-0.05, 0) is 42.5 Å². The monoisotopic (exact) mass is 348 g/mol. The molecule has 2 aromatic heterocycles. The lowest BCUT2D eigenvalue weighted by atomic mass is 10.1. The van der Waals surface area contributed by atoms with Crippen molar-refractivity contribution < 1.29 is 0 Å². The van der Waals surface area contributed by atoms with Crippen LogP contribution in [0.25, 0.3) is 22.1 Å². The molecule has 0 aliphatic carbocycles. The van der Waals surface area contributed by atoms with Crippen LogP contribution < -0.4 is 5.56 Å². The minimum atomic E-state index is -0.376. The Morgan fingerprint density at radius 1 is 1.20 bits per heavy atom. The topological polar surface area (TPSA) is 52.1 Å². The van der Waals surface area contributed by atoms with Gasteiger partial charge in [-0.3, -0.25) is 14.3 Å². The number of rotatable bonds is 4. The van der Waals surface area contributed by atoms with Crippen molar-refractivity contribution in [2.24, 2.45) is 0 Å². The van der Waals surface area contributed by atoms with Crippen LogP contribution >= 0.6 is 11.8 Å². The first-order valence-corrected chi connectivity index (χ1v) is 9.01. The van der Waals surface area contributed by atoms with Gasteiger partial charge < -0.3 is 0 Å². The van der Waals surface area contributed by atoms with E-state index in [-0.39, 0.29) is 11.2 Å². The summed E-state index contributed by atoms with van der Waals surface area (Å²) in [6.45, 7) is 9.45. The molecule has 0 atom stereocenters. The molecule has 3 rings (SSSR count). The zero-order valence-corrected chi connectivity index (χ0v) is 14.7. The molecule has 124 valence electrons. The highest BCUT2D eigenvalue weighted by molar-refractivity contribution is 7.98. The maximum Gasteiger partial charge on any atom is 0.282 e. The zero-order valence-electron chi connectivity index (χ0n) is 13.9. The van der Waals surface area contributed by atoms with Crippen LogP contribution in [0, 0.1) is 6.57 Å². The number of nitrogens with zero attached hydrogens (tertiary/aromatic N) is 4. The van der Waals surface area contributed by atoms with Gasteiger partial charge >= 0.3 is 0 Å². The van der Waals surface area contributed by atoms with Gasteiger partial charge in [-0.2, -0.15) is 0 Å². The first kappa shape index (κ1) is 16.9. The van der Waals surface area contributed by atoms with Crippen LogP contribution in [0.2, 0.25) is 0 Å². The molecule has 3 aromatic rings. The second kappa shape index (κ2) is 7.32. The van der Waals surface area contributed by atoms with Gasteiger partial charge in [0.05, 0.1) is 6.57 Å². The van der Waals surface area contributed by atoms with E-state index in [1.54, 1.807) is 18.5 Å². The fourth-order valence-corrected chi connectivity index (χ4v) is 3.02. The highest BCUT2D eigenvalue weighted by Crippen LogP contribution is 2.27. The van der Waals surface area contributed by atoms with Crippen molar-refractivity contribution in [3.05, 3.63) is 76.0 Å². The van der Waals surface area contributed by atoms with Crippen molar-refractivity contribution in [2.45, 2.75) is 18.4 Å². The third kappa shape index (κ3) is 3.19. The predicted molar refractivity (Wildman–Crippen MR) is 100 cm³/mol. The molecule has 0 saturated carbocycles. The number of hydrogen-bond donors (Lipinski definition) is 0. The van der Waals surface area contributed by atoms with Gasteiger partial charge in [0.2, 0.25) is 0 Å². The molecule has 0 bridgehead atoms. The van der Waals surface area contributed by atoms with Crippen LogP contribution in [0.15, 0.2) is 58.5 Å². The van der Waals surface area contributed by atoms with E-state index in [1.807, 2.05) is 36.4 Å². The molecule has 6 heteroatoms. The Morgan fingerprint density at radius 2 is 1.96 bits per heavy atom. The molecule has 0 N–H and O–H groups in total. The molecule has 0 saturated heterocycles. The fourth-order valence-electron chi connectivity index (χ4n) is 2.52. The lowest BCUT2D eigenvalue weighted by molar-refractivity contribution is 0.906. The van der Waals surface area contributed by atoms with E-state index in [2.05, 4.69) is 21.7 Å². The molecule has 0 unspecified atom stereocenters. The van der Waals surface area contributed by atoms with Gasteiger partial charge in [0.1, 0.15) is 10.7 Å². The van der Waals surface area contributed by atoms with Gasteiger partial charge in [-0.15, -0.1) is 11.8 Å². The Balaban J connectivity index is 2.35. The number of benzene rings is 1. The van der Waals surface area contributed by atoms with Crippen LogP contribution in [0.3, 0.4) is 0 Å². The Labute approximate surface area is 150 Å². The van der Waals surface area contributed by atoms with Crippen molar-refractivity contribution in [3.8, 4) is 17.2 Å². The molecular formula is C19H16N4OS. The summed E-state index contributed by atoms with van der Waals surface area (Å²) in [6, 6.07) is 13.2. The second-order valence-electron chi connectivity index (χ2n) is 5.28. The number of pyridine rings is 1. The van der Waals surface area contributed by atoms with Crippen molar-refractivity contribution in [2.75, 3.05) is 6.26 Å². The highest BCUT2D eigenvalue weighted by atomic mass is 32.2. The fraction of sp³-hybridized carbons (Fsp3) is 0.158. The van der Waals surface area contributed by atoms with Crippen molar-refractivity contribution in [1.29, 1.82) is 0 Å². The molecule has 1 aromatic carbocycles. The Morgan fingerprint density at radius 3 is 2.52 bits per heavy atom. The summed E-state index contributed by atoms with van der Waals surface area (Å²) in [5, 5.41) is 0.419. The average Bonchev–Trinajstić information content (AvgIpc) is 2.68. The summed E-state index contributed by atoms with van der Waals surface area (Å²) in [5.74, 6) is 0.437. The molecule has 0 aliphatic heterocycles. The number of aryl methyl sites for hydroxylation is 1. The summed E-state index contributed by atoms with van der Waals surface area (Å²) < 4.78 is 1.47. The van der Waals surface area contributed by atoms with Gasteiger partial charge in [-0.25, -0.2) is 9.83 Å². The van der Waals surface area contributed by atoms with Gasteiger partial charge in [0, 0.05) is 11.9 Å². The third-order valence-electron chi connectivity index (χ3n) is 3.83. The molecular weight excluding hydrogens is 332 g/mol. The van der Waals surface area contributed by atoms with Gasteiger partial charge in [0.25, 0.3) is 11.2 Å². The molecule has 5 nitrogen and oxygen atoms in total. The Hall–Kier alpha value is -2.91. The first-order valence-electron chi connectivity index (χ1n) is 7.78. The molecule has 0 amide bonds. The summed E-state index contributed by atoms with van der Waals surface area (Å²) in [6.07, 6.45) is 4.38. The van der Waals surface area contributed by atoms with E-state index >= 15 is 0 Å². The second-order valence-corrected chi connectivity index (χ2v) is 6.08. The molecule has 0 radical (unpaired) electrons. The molecule has 2 heterocycles. The lowest BCUT2D eigenvalue weighted by Gasteiger charge is -2.14. The first-order chi connectivity index (χ1) is 12.2. The van der Waals surface area contributed by atoms with Gasteiger partial charge in [-0.1, -0.05) is 25.1 Å². The van der Waals surface area contributed by atoms with E-state index in [0.29, 0.717) is 22.2 Å². The number of aromatic nitrogens is 3. The average molecular weight is 348 g/mol. The maximum absolute atomic E-state index is 13.0. The largest absolute Gasteiger partial charge is 0.282 e. The third-order valence-corrected chi connectivity index (χ3v) is 4.50. The Kier molecular flexibility index (Phi) is 4.96. The summed E-state index contributed by atoms with van der Waals surface area (Å²) >= 11 is 1.29. The van der Waals surface area contributed by atoms with E-state index < -0.39 is 0 Å². The highest BCUT2D eigenvalue weighted by Gasteiger charge is 2.19. The summed E-state index contributed by atoms with van der Waals surface area (Å²) in [7, 11) is 0. The smallest absolute Gasteiger partial charge is 0.282 e. The lowest BCUT2D eigenvalue weighted by Crippen LogP contribution is -2.22. The molecule has 0 aliphatic rings. The van der Waals surface area contributed by atoms with E-state index in [4.69, 9.17) is 6.57 Å². The molecule has 25 heavy (non-hydrogen) atoms. The van der Waals surface area contributed by atoms with E-state index in [0.717, 1.165) is 6.42 Å². The van der Waals surface area contributed by atoms with Crippen LogP contribution in [0.4, 0.5) is 5.69 Å². The molecule has 0 spiro atoms. The van der Waals surface area contributed by atoms with Crippen molar-refractivity contribution in [1.82, 2.24) is 14.5 Å². The Bertz CT molecular complexity index is 989. The molecule has 0 fully saturated rings. The summed E-state index contributed by atoms with van der Waals surface area (Å²) in [5.41, 5.74) is 2.10. The van der Waals surface area contributed by atoms with E-state index in [9.17, 15) is 4.79 Å². The minimum Gasteiger partial charge on any atom is -0.282 e.